The summed E-state index contributed by atoms with van der Waals surface area (Å²) in [5.41, 5.74) is 2.88. The molecule has 1 heterocycles. The highest BCUT2D eigenvalue weighted by molar-refractivity contribution is 5.70. The van der Waals surface area contributed by atoms with Crippen molar-refractivity contribution in [2.24, 2.45) is 0 Å². The molecule has 1 aromatic heterocycles. The number of hydrogen-bond donors (Lipinski definition) is 0. The van der Waals surface area contributed by atoms with E-state index < -0.39 is 5.95 Å². The van der Waals surface area contributed by atoms with Crippen molar-refractivity contribution in [3.8, 4) is 22.3 Å². The summed E-state index contributed by atoms with van der Waals surface area (Å²) < 4.78 is 26.8. The molecule has 0 aliphatic heterocycles. The molecule has 0 N–H and O–H groups in total. The summed E-state index contributed by atoms with van der Waals surface area (Å²) in [7, 11) is 0. The second kappa shape index (κ2) is 5.21. The van der Waals surface area contributed by atoms with Crippen LogP contribution in [0.2, 0.25) is 0 Å². The van der Waals surface area contributed by atoms with E-state index in [9.17, 15) is 8.78 Å². The minimum Gasteiger partial charge on any atom is -0.228 e. The Morgan fingerprint density at radius 1 is 0.700 bits per heavy atom. The molecule has 0 bridgehead atoms. The molecule has 3 rings (SSSR count). The third-order valence-electron chi connectivity index (χ3n) is 3.11. The van der Waals surface area contributed by atoms with E-state index in [4.69, 9.17) is 0 Å². The fourth-order valence-electron chi connectivity index (χ4n) is 2.11. The van der Waals surface area contributed by atoms with Crippen LogP contribution in [-0.2, 0) is 0 Å². The SMILES string of the molecule is Fc1cccc(-c2ccc(-c3cccnc3F)cc2)c1. The Morgan fingerprint density at radius 3 is 2.15 bits per heavy atom. The highest BCUT2D eigenvalue weighted by Gasteiger charge is 2.05. The highest BCUT2D eigenvalue weighted by Crippen LogP contribution is 2.26. The zero-order chi connectivity index (χ0) is 13.9. The molecule has 0 aliphatic rings. The first-order chi connectivity index (χ1) is 9.74. The summed E-state index contributed by atoms with van der Waals surface area (Å²) in [6.07, 6.45) is 1.42. The van der Waals surface area contributed by atoms with Crippen molar-refractivity contribution in [2.75, 3.05) is 0 Å². The van der Waals surface area contributed by atoms with E-state index in [0.717, 1.165) is 16.7 Å². The van der Waals surface area contributed by atoms with Gasteiger partial charge in [0.15, 0.2) is 0 Å². The average molecular weight is 267 g/mol. The Labute approximate surface area is 115 Å². The molecule has 0 amide bonds. The van der Waals surface area contributed by atoms with Crippen LogP contribution in [0, 0.1) is 11.8 Å². The van der Waals surface area contributed by atoms with E-state index in [2.05, 4.69) is 4.98 Å². The number of rotatable bonds is 2. The normalized spacial score (nSPS) is 10.5. The van der Waals surface area contributed by atoms with E-state index in [-0.39, 0.29) is 5.82 Å². The number of pyridine rings is 1. The molecule has 0 saturated heterocycles. The molecular weight excluding hydrogens is 256 g/mol. The standard InChI is InChI=1S/C17H11F2N/c18-15-4-1-3-14(11-15)12-6-8-13(9-7-12)16-5-2-10-20-17(16)19/h1-11H. The Morgan fingerprint density at radius 2 is 1.45 bits per heavy atom. The lowest BCUT2D eigenvalue weighted by Crippen LogP contribution is -1.87. The van der Waals surface area contributed by atoms with Crippen LogP contribution >= 0.6 is 0 Å². The molecule has 20 heavy (non-hydrogen) atoms. The average Bonchev–Trinajstić information content (AvgIpc) is 2.48. The lowest BCUT2D eigenvalue weighted by molar-refractivity contribution is 0.587. The molecule has 0 atom stereocenters. The topological polar surface area (TPSA) is 12.9 Å². The quantitative estimate of drug-likeness (QED) is 0.613. The zero-order valence-corrected chi connectivity index (χ0v) is 10.6. The van der Waals surface area contributed by atoms with Gasteiger partial charge >= 0.3 is 0 Å². The van der Waals surface area contributed by atoms with Gasteiger partial charge in [0, 0.05) is 11.8 Å². The largest absolute Gasteiger partial charge is 0.228 e. The lowest BCUT2D eigenvalue weighted by atomic mass is 10.0. The van der Waals surface area contributed by atoms with Crippen LogP contribution in [0.3, 0.4) is 0 Å². The molecule has 2 aromatic carbocycles. The van der Waals surface area contributed by atoms with Gasteiger partial charge in [-0.05, 0) is 41.0 Å². The predicted molar refractivity (Wildman–Crippen MR) is 75.0 cm³/mol. The van der Waals surface area contributed by atoms with E-state index in [1.165, 1.54) is 18.3 Å². The highest BCUT2D eigenvalue weighted by atomic mass is 19.1. The second-order valence-corrected chi connectivity index (χ2v) is 4.43. The van der Waals surface area contributed by atoms with Gasteiger partial charge in [0.25, 0.3) is 0 Å². The van der Waals surface area contributed by atoms with E-state index in [1.54, 1.807) is 30.3 Å². The van der Waals surface area contributed by atoms with Gasteiger partial charge in [0.1, 0.15) is 5.82 Å². The van der Waals surface area contributed by atoms with Gasteiger partial charge in [-0.1, -0.05) is 36.4 Å². The van der Waals surface area contributed by atoms with E-state index >= 15 is 0 Å². The first kappa shape index (κ1) is 12.5. The van der Waals surface area contributed by atoms with Crippen molar-refractivity contribution in [3.05, 3.63) is 78.6 Å². The van der Waals surface area contributed by atoms with Crippen LogP contribution in [0.15, 0.2) is 66.9 Å². The van der Waals surface area contributed by atoms with Gasteiger partial charge in [-0.2, -0.15) is 4.39 Å². The molecule has 0 radical (unpaired) electrons. The fraction of sp³-hybridized carbons (Fsp3) is 0. The maximum atomic E-state index is 13.6. The number of aromatic nitrogens is 1. The molecule has 0 fully saturated rings. The Kier molecular flexibility index (Phi) is 3.25. The van der Waals surface area contributed by atoms with Gasteiger partial charge in [0.2, 0.25) is 5.95 Å². The Bertz CT molecular complexity index is 736. The first-order valence-electron chi connectivity index (χ1n) is 6.21. The first-order valence-corrected chi connectivity index (χ1v) is 6.21. The summed E-state index contributed by atoms with van der Waals surface area (Å²) in [6, 6.07) is 17.1. The van der Waals surface area contributed by atoms with Crippen molar-refractivity contribution in [3.63, 3.8) is 0 Å². The molecule has 0 aliphatic carbocycles. The molecule has 0 saturated carbocycles. The summed E-state index contributed by atoms with van der Waals surface area (Å²) in [5, 5.41) is 0. The van der Waals surface area contributed by atoms with E-state index in [0.29, 0.717) is 5.56 Å². The Balaban J connectivity index is 1.98. The molecule has 3 aromatic rings. The summed E-state index contributed by atoms with van der Waals surface area (Å²) in [6.45, 7) is 0. The van der Waals surface area contributed by atoms with Gasteiger partial charge in [0.05, 0.1) is 0 Å². The predicted octanol–water partition coefficient (Wildman–Crippen LogP) is 4.69. The third kappa shape index (κ3) is 2.43. The summed E-state index contributed by atoms with van der Waals surface area (Å²) >= 11 is 0. The summed E-state index contributed by atoms with van der Waals surface area (Å²) in [5.74, 6) is -0.768. The number of nitrogens with zero attached hydrogens (tertiary/aromatic N) is 1. The molecule has 0 unspecified atom stereocenters. The number of hydrogen-bond acceptors (Lipinski definition) is 1. The lowest BCUT2D eigenvalue weighted by Gasteiger charge is -2.05. The van der Waals surface area contributed by atoms with Gasteiger partial charge in [-0.3, -0.25) is 0 Å². The molecular formula is C17H11F2N. The molecule has 3 heteroatoms. The fourth-order valence-corrected chi connectivity index (χ4v) is 2.11. The van der Waals surface area contributed by atoms with Gasteiger partial charge in [-0.25, -0.2) is 9.37 Å². The van der Waals surface area contributed by atoms with Crippen LogP contribution in [0.25, 0.3) is 22.3 Å². The number of halogens is 2. The second-order valence-electron chi connectivity index (χ2n) is 4.43. The van der Waals surface area contributed by atoms with Crippen molar-refractivity contribution in [1.29, 1.82) is 0 Å². The van der Waals surface area contributed by atoms with Crippen molar-refractivity contribution < 1.29 is 8.78 Å². The third-order valence-corrected chi connectivity index (χ3v) is 3.11. The maximum absolute atomic E-state index is 13.6. The summed E-state index contributed by atoms with van der Waals surface area (Å²) in [4.78, 5) is 3.63. The minimum absolute atomic E-state index is 0.273. The monoisotopic (exact) mass is 267 g/mol. The van der Waals surface area contributed by atoms with Gasteiger partial charge in [-0.15, -0.1) is 0 Å². The molecule has 98 valence electrons. The van der Waals surface area contributed by atoms with Crippen LogP contribution in [0.1, 0.15) is 0 Å². The molecule has 1 nitrogen and oxygen atoms in total. The van der Waals surface area contributed by atoms with Crippen LogP contribution in [0.5, 0.6) is 0 Å². The number of benzene rings is 2. The van der Waals surface area contributed by atoms with Gasteiger partial charge < -0.3 is 0 Å². The van der Waals surface area contributed by atoms with Crippen LogP contribution < -0.4 is 0 Å². The Hall–Kier alpha value is -2.55. The van der Waals surface area contributed by atoms with Crippen LogP contribution in [0.4, 0.5) is 8.78 Å². The maximum Gasteiger partial charge on any atom is 0.220 e. The van der Waals surface area contributed by atoms with E-state index in [1.807, 2.05) is 18.2 Å². The zero-order valence-electron chi connectivity index (χ0n) is 10.6. The molecule has 0 spiro atoms. The smallest absolute Gasteiger partial charge is 0.220 e. The van der Waals surface area contributed by atoms with Crippen molar-refractivity contribution in [1.82, 2.24) is 4.98 Å². The minimum atomic E-state index is -0.494. The van der Waals surface area contributed by atoms with Crippen molar-refractivity contribution in [2.45, 2.75) is 0 Å². The van der Waals surface area contributed by atoms with Crippen LogP contribution in [-0.4, -0.2) is 4.98 Å². The van der Waals surface area contributed by atoms with Crippen molar-refractivity contribution >= 4 is 0 Å².